The standard InChI is InChI=1S/C32H40ClN3O5S/c1-7-24(5)34-32(38)29(8-2)35(20-25-10-9-11-27(19-25)41-6)31(37)21-36(30-17-14-26(33)18-23(30)4)42(39,40)28-15-12-22(3)13-16-28/h9-19,24,29H,7-8,20-21H2,1-6H3,(H,34,38)/t24-,29-/m0/s1. The summed E-state index contributed by atoms with van der Waals surface area (Å²) in [6.07, 6.45) is 1.06. The molecule has 2 amide bonds. The molecule has 0 fully saturated rings. The fraction of sp³-hybridized carbons (Fsp3) is 0.375. The van der Waals surface area contributed by atoms with E-state index in [1.807, 2.05) is 39.8 Å². The van der Waals surface area contributed by atoms with Gasteiger partial charge in [0, 0.05) is 17.6 Å². The number of ether oxygens (including phenoxy) is 1. The molecule has 42 heavy (non-hydrogen) atoms. The Morgan fingerprint density at radius 3 is 2.26 bits per heavy atom. The number of anilines is 1. The summed E-state index contributed by atoms with van der Waals surface area (Å²) in [7, 11) is -2.62. The summed E-state index contributed by atoms with van der Waals surface area (Å²) in [6, 6.07) is 17.6. The molecule has 0 aromatic heterocycles. The second-order valence-electron chi connectivity index (χ2n) is 10.4. The molecule has 0 spiro atoms. The van der Waals surface area contributed by atoms with E-state index in [0.717, 1.165) is 21.9 Å². The summed E-state index contributed by atoms with van der Waals surface area (Å²) in [5, 5.41) is 3.43. The Bertz CT molecular complexity index is 1490. The van der Waals surface area contributed by atoms with Crippen molar-refractivity contribution in [2.24, 2.45) is 0 Å². The first-order valence-corrected chi connectivity index (χ1v) is 15.8. The highest BCUT2D eigenvalue weighted by atomic mass is 35.5. The molecule has 0 heterocycles. The summed E-state index contributed by atoms with van der Waals surface area (Å²) >= 11 is 6.19. The Hall–Kier alpha value is -3.56. The highest BCUT2D eigenvalue weighted by Crippen LogP contribution is 2.30. The highest BCUT2D eigenvalue weighted by molar-refractivity contribution is 7.92. The lowest BCUT2D eigenvalue weighted by molar-refractivity contribution is -0.140. The minimum Gasteiger partial charge on any atom is -0.497 e. The molecule has 0 saturated heterocycles. The van der Waals surface area contributed by atoms with Crippen LogP contribution in [0.5, 0.6) is 5.75 Å². The first-order chi connectivity index (χ1) is 19.9. The van der Waals surface area contributed by atoms with Crippen molar-refractivity contribution >= 4 is 39.1 Å². The minimum absolute atomic E-state index is 0.0520. The van der Waals surface area contributed by atoms with E-state index in [4.69, 9.17) is 16.3 Å². The Morgan fingerprint density at radius 2 is 1.67 bits per heavy atom. The van der Waals surface area contributed by atoms with Gasteiger partial charge in [0.05, 0.1) is 17.7 Å². The van der Waals surface area contributed by atoms with Gasteiger partial charge in [-0.15, -0.1) is 0 Å². The third-order valence-corrected chi connectivity index (χ3v) is 9.20. The first kappa shape index (κ1) is 32.9. The van der Waals surface area contributed by atoms with Crippen LogP contribution < -0.4 is 14.4 Å². The second kappa shape index (κ2) is 14.6. The van der Waals surface area contributed by atoms with E-state index in [2.05, 4.69) is 5.32 Å². The summed E-state index contributed by atoms with van der Waals surface area (Å²) in [6.45, 7) is 8.87. The molecule has 0 bridgehead atoms. The number of amides is 2. The van der Waals surface area contributed by atoms with Gasteiger partial charge in [-0.1, -0.05) is 55.3 Å². The summed E-state index contributed by atoms with van der Waals surface area (Å²) in [5.41, 5.74) is 2.56. The van der Waals surface area contributed by atoms with Crippen molar-refractivity contribution in [3.63, 3.8) is 0 Å². The smallest absolute Gasteiger partial charge is 0.264 e. The van der Waals surface area contributed by atoms with Crippen LogP contribution in [0.4, 0.5) is 5.69 Å². The quantitative estimate of drug-likeness (QED) is 0.260. The van der Waals surface area contributed by atoms with Crippen LogP contribution in [0.2, 0.25) is 5.02 Å². The molecule has 3 aromatic carbocycles. The molecule has 226 valence electrons. The number of hydrogen-bond donors (Lipinski definition) is 1. The van der Waals surface area contributed by atoms with Crippen LogP contribution in [0.15, 0.2) is 71.6 Å². The lowest BCUT2D eigenvalue weighted by atomic mass is 10.1. The summed E-state index contributed by atoms with van der Waals surface area (Å²) < 4.78 is 34.6. The van der Waals surface area contributed by atoms with E-state index in [1.165, 1.54) is 17.0 Å². The topological polar surface area (TPSA) is 96.0 Å². The van der Waals surface area contributed by atoms with E-state index in [-0.39, 0.29) is 23.4 Å². The molecule has 8 nitrogen and oxygen atoms in total. The van der Waals surface area contributed by atoms with E-state index < -0.39 is 28.5 Å². The van der Waals surface area contributed by atoms with Crippen molar-refractivity contribution in [1.29, 1.82) is 0 Å². The molecule has 2 atom stereocenters. The van der Waals surface area contributed by atoms with E-state index in [0.29, 0.717) is 28.4 Å². The van der Waals surface area contributed by atoms with Crippen molar-refractivity contribution in [3.8, 4) is 5.75 Å². The number of sulfonamides is 1. The van der Waals surface area contributed by atoms with Gasteiger partial charge in [-0.05, 0) is 87.2 Å². The number of methoxy groups -OCH3 is 1. The monoisotopic (exact) mass is 613 g/mol. The average Bonchev–Trinajstić information content (AvgIpc) is 2.96. The number of rotatable bonds is 13. The van der Waals surface area contributed by atoms with Gasteiger partial charge >= 0.3 is 0 Å². The SMILES string of the molecule is CC[C@H](C)NC(=O)[C@H](CC)N(Cc1cccc(OC)c1)C(=O)CN(c1ccc(Cl)cc1C)S(=O)(=O)c1ccc(C)cc1. The van der Waals surface area contributed by atoms with Crippen LogP contribution in [0.1, 0.15) is 50.3 Å². The van der Waals surface area contributed by atoms with Crippen molar-refractivity contribution in [2.45, 2.75) is 71.0 Å². The predicted octanol–water partition coefficient (Wildman–Crippen LogP) is 5.88. The Balaban J connectivity index is 2.10. The van der Waals surface area contributed by atoms with Crippen LogP contribution in [0.3, 0.4) is 0 Å². The maximum atomic E-state index is 14.2. The molecule has 0 saturated carbocycles. The number of halogens is 1. The van der Waals surface area contributed by atoms with Gasteiger partial charge in [0.2, 0.25) is 11.8 Å². The van der Waals surface area contributed by atoms with Gasteiger partial charge in [0.1, 0.15) is 18.3 Å². The Labute approximate surface area is 254 Å². The fourth-order valence-electron chi connectivity index (χ4n) is 4.58. The molecule has 3 aromatic rings. The Kier molecular flexibility index (Phi) is 11.4. The first-order valence-electron chi connectivity index (χ1n) is 14.0. The van der Waals surface area contributed by atoms with Crippen LogP contribution in [-0.2, 0) is 26.2 Å². The molecule has 1 N–H and O–H groups in total. The predicted molar refractivity (Wildman–Crippen MR) is 167 cm³/mol. The van der Waals surface area contributed by atoms with Gasteiger partial charge in [-0.2, -0.15) is 0 Å². The molecular weight excluding hydrogens is 574 g/mol. The van der Waals surface area contributed by atoms with Crippen LogP contribution in [-0.4, -0.2) is 50.9 Å². The average molecular weight is 614 g/mol. The number of aryl methyl sites for hydroxylation is 2. The zero-order chi connectivity index (χ0) is 31.0. The summed E-state index contributed by atoms with van der Waals surface area (Å²) in [5.74, 6) is -0.204. The van der Waals surface area contributed by atoms with Crippen LogP contribution in [0.25, 0.3) is 0 Å². The van der Waals surface area contributed by atoms with Crippen molar-refractivity contribution in [2.75, 3.05) is 18.0 Å². The number of carbonyl (C=O) groups excluding carboxylic acids is 2. The van der Waals surface area contributed by atoms with Gasteiger partial charge in [-0.3, -0.25) is 13.9 Å². The zero-order valence-electron chi connectivity index (χ0n) is 25.1. The minimum atomic E-state index is -4.17. The molecule has 3 rings (SSSR count). The molecular formula is C32H40ClN3O5S. The maximum absolute atomic E-state index is 14.2. The van der Waals surface area contributed by atoms with E-state index >= 15 is 0 Å². The van der Waals surface area contributed by atoms with Gasteiger partial charge in [-0.25, -0.2) is 8.42 Å². The largest absolute Gasteiger partial charge is 0.497 e. The highest BCUT2D eigenvalue weighted by Gasteiger charge is 2.34. The van der Waals surface area contributed by atoms with Crippen LogP contribution >= 0.6 is 11.6 Å². The van der Waals surface area contributed by atoms with Crippen molar-refractivity contribution in [3.05, 3.63) is 88.4 Å². The van der Waals surface area contributed by atoms with Gasteiger partial charge < -0.3 is 15.0 Å². The number of carbonyl (C=O) groups is 2. The van der Waals surface area contributed by atoms with Crippen molar-refractivity contribution < 1.29 is 22.7 Å². The van der Waals surface area contributed by atoms with Gasteiger partial charge in [0.15, 0.2) is 0 Å². The third-order valence-electron chi connectivity index (χ3n) is 7.19. The number of nitrogens with zero attached hydrogens (tertiary/aromatic N) is 2. The van der Waals surface area contributed by atoms with Gasteiger partial charge in [0.25, 0.3) is 10.0 Å². The molecule has 10 heteroatoms. The lowest BCUT2D eigenvalue weighted by Gasteiger charge is -2.34. The number of nitrogens with one attached hydrogen (secondary N) is 1. The Morgan fingerprint density at radius 1 is 0.976 bits per heavy atom. The number of benzene rings is 3. The lowest BCUT2D eigenvalue weighted by Crippen LogP contribution is -2.53. The number of hydrogen-bond acceptors (Lipinski definition) is 5. The van der Waals surface area contributed by atoms with Crippen molar-refractivity contribution in [1.82, 2.24) is 10.2 Å². The second-order valence-corrected chi connectivity index (χ2v) is 12.7. The maximum Gasteiger partial charge on any atom is 0.264 e. The molecule has 0 aliphatic heterocycles. The van der Waals surface area contributed by atoms with Crippen LogP contribution in [0, 0.1) is 13.8 Å². The molecule has 0 aliphatic carbocycles. The molecule has 0 aliphatic rings. The fourth-order valence-corrected chi connectivity index (χ4v) is 6.28. The normalized spacial score (nSPS) is 12.7. The third kappa shape index (κ3) is 8.04. The summed E-state index contributed by atoms with van der Waals surface area (Å²) in [4.78, 5) is 29.2. The molecule has 0 unspecified atom stereocenters. The van der Waals surface area contributed by atoms with E-state index in [9.17, 15) is 18.0 Å². The molecule has 0 radical (unpaired) electrons. The zero-order valence-corrected chi connectivity index (χ0v) is 26.6. The van der Waals surface area contributed by atoms with E-state index in [1.54, 1.807) is 56.5 Å².